The molecule has 0 aliphatic carbocycles. The Hall–Kier alpha value is -3.76. The summed E-state index contributed by atoms with van der Waals surface area (Å²) in [7, 11) is 0. The van der Waals surface area contributed by atoms with Crippen molar-refractivity contribution in [1.82, 2.24) is 14.5 Å². The molecule has 0 atom stereocenters. The van der Waals surface area contributed by atoms with E-state index in [9.17, 15) is 0 Å². The molecule has 0 aliphatic rings. The van der Waals surface area contributed by atoms with Crippen LogP contribution >= 0.6 is 11.3 Å². The molecule has 164 valence electrons. The van der Waals surface area contributed by atoms with E-state index in [2.05, 4.69) is 110 Å². The van der Waals surface area contributed by atoms with Gasteiger partial charge < -0.3 is 0 Å². The summed E-state index contributed by atoms with van der Waals surface area (Å²) < 4.78 is 4.68. The standard InChI is InChI=1S/C30H23N3S/c1-30(2,3)28-27-26(21-13-7-9-15-24(21)34-27)31-29(32-28)33-22-14-8-6-12-20(22)25-19-11-5-4-10-18(19)16-17-23(25)33/h4-17H,1-3H3. The van der Waals surface area contributed by atoms with Crippen molar-refractivity contribution in [3.63, 3.8) is 0 Å². The predicted octanol–water partition coefficient (Wildman–Crippen LogP) is 8.39. The summed E-state index contributed by atoms with van der Waals surface area (Å²) in [5, 5.41) is 6.18. The summed E-state index contributed by atoms with van der Waals surface area (Å²) in [6.07, 6.45) is 0. The Morgan fingerprint density at radius 2 is 1.38 bits per heavy atom. The van der Waals surface area contributed by atoms with Crippen molar-refractivity contribution in [2.75, 3.05) is 0 Å². The number of rotatable bonds is 1. The summed E-state index contributed by atoms with van der Waals surface area (Å²) in [6, 6.07) is 30.2. The second-order valence-electron chi connectivity index (χ2n) is 9.93. The van der Waals surface area contributed by atoms with Crippen molar-refractivity contribution in [2.24, 2.45) is 0 Å². The molecule has 0 saturated carbocycles. The largest absolute Gasteiger partial charge is 0.278 e. The number of aromatic nitrogens is 3. The maximum Gasteiger partial charge on any atom is 0.235 e. The Morgan fingerprint density at radius 3 is 2.21 bits per heavy atom. The minimum atomic E-state index is -0.109. The second kappa shape index (κ2) is 6.87. The molecule has 34 heavy (non-hydrogen) atoms. The first-order valence-electron chi connectivity index (χ1n) is 11.6. The zero-order valence-electron chi connectivity index (χ0n) is 19.3. The summed E-state index contributed by atoms with van der Waals surface area (Å²) in [6.45, 7) is 6.72. The van der Waals surface area contributed by atoms with Gasteiger partial charge in [0.2, 0.25) is 5.95 Å². The van der Waals surface area contributed by atoms with Crippen molar-refractivity contribution in [1.29, 1.82) is 0 Å². The first-order chi connectivity index (χ1) is 16.5. The second-order valence-corrected chi connectivity index (χ2v) is 11.0. The van der Waals surface area contributed by atoms with Gasteiger partial charge in [-0.2, -0.15) is 0 Å². The van der Waals surface area contributed by atoms with Crippen molar-refractivity contribution < 1.29 is 0 Å². The average Bonchev–Trinajstić information content (AvgIpc) is 3.38. The third-order valence-corrected chi connectivity index (χ3v) is 7.85. The van der Waals surface area contributed by atoms with Crippen LogP contribution in [0.5, 0.6) is 0 Å². The zero-order valence-corrected chi connectivity index (χ0v) is 20.1. The molecule has 0 saturated heterocycles. The van der Waals surface area contributed by atoms with E-state index in [1.54, 1.807) is 11.3 Å². The maximum atomic E-state index is 5.25. The Kier molecular flexibility index (Phi) is 3.98. The number of thiophene rings is 1. The van der Waals surface area contributed by atoms with E-state index in [0.717, 1.165) is 28.2 Å². The summed E-state index contributed by atoms with van der Waals surface area (Å²) in [5.41, 5.74) is 4.30. The van der Waals surface area contributed by atoms with Gasteiger partial charge in [0.15, 0.2) is 0 Å². The van der Waals surface area contributed by atoms with Gasteiger partial charge in [-0.3, -0.25) is 4.57 Å². The summed E-state index contributed by atoms with van der Waals surface area (Å²) >= 11 is 1.80. The molecule has 7 rings (SSSR count). The number of hydrogen-bond donors (Lipinski definition) is 0. The van der Waals surface area contributed by atoms with E-state index in [4.69, 9.17) is 9.97 Å². The van der Waals surface area contributed by atoms with Gasteiger partial charge in [0, 0.05) is 26.3 Å². The highest BCUT2D eigenvalue weighted by molar-refractivity contribution is 7.25. The lowest BCUT2D eigenvalue weighted by Gasteiger charge is -2.20. The molecule has 0 bridgehead atoms. The van der Waals surface area contributed by atoms with Gasteiger partial charge in [0.25, 0.3) is 0 Å². The van der Waals surface area contributed by atoms with E-state index >= 15 is 0 Å². The van der Waals surface area contributed by atoms with E-state index in [0.29, 0.717) is 0 Å². The zero-order chi connectivity index (χ0) is 23.0. The lowest BCUT2D eigenvalue weighted by molar-refractivity contribution is 0.573. The molecule has 0 spiro atoms. The molecule has 4 heteroatoms. The fraction of sp³-hybridized carbons (Fsp3) is 0.133. The smallest absolute Gasteiger partial charge is 0.235 e. The molecule has 0 aliphatic heterocycles. The van der Waals surface area contributed by atoms with Crippen LogP contribution in [0, 0.1) is 0 Å². The molecule has 0 N–H and O–H groups in total. The van der Waals surface area contributed by atoms with E-state index in [1.807, 2.05) is 0 Å². The van der Waals surface area contributed by atoms with Crippen molar-refractivity contribution in [3.8, 4) is 5.95 Å². The minimum Gasteiger partial charge on any atom is -0.278 e. The van der Waals surface area contributed by atoms with Gasteiger partial charge in [-0.15, -0.1) is 11.3 Å². The third-order valence-electron chi connectivity index (χ3n) is 6.68. The topological polar surface area (TPSA) is 30.7 Å². The highest BCUT2D eigenvalue weighted by atomic mass is 32.1. The van der Waals surface area contributed by atoms with Crippen LogP contribution in [0.25, 0.3) is 58.8 Å². The first kappa shape index (κ1) is 19.7. The van der Waals surface area contributed by atoms with Gasteiger partial charge in [0.1, 0.15) is 0 Å². The van der Waals surface area contributed by atoms with Gasteiger partial charge in [0.05, 0.1) is 26.9 Å². The van der Waals surface area contributed by atoms with Crippen LogP contribution in [0.15, 0.2) is 84.9 Å². The lowest BCUT2D eigenvalue weighted by Crippen LogP contribution is -2.16. The number of nitrogens with zero attached hydrogens (tertiary/aromatic N) is 3. The summed E-state index contributed by atoms with van der Waals surface area (Å²) in [4.78, 5) is 10.5. The normalized spacial score (nSPS) is 12.6. The molecule has 3 nitrogen and oxygen atoms in total. The highest BCUT2D eigenvalue weighted by Crippen LogP contribution is 2.41. The Labute approximate surface area is 201 Å². The molecule has 0 unspecified atom stereocenters. The SMILES string of the molecule is CC(C)(C)c1nc(-n2c3ccccc3c3c4ccccc4ccc32)nc2c1sc1ccccc12. The highest BCUT2D eigenvalue weighted by Gasteiger charge is 2.25. The van der Waals surface area contributed by atoms with Crippen LogP contribution < -0.4 is 0 Å². The van der Waals surface area contributed by atoms with Crippen LogP contribution in [0.1, 0.15) is 26.5 Å². The molecule has 0 radical (unpaired) electrons. The third kappa shape index (κ3) is 2.69. The van der Waals surface area contributed by atoms with Crippen LogP contribution in [0.2, 0.25) is 0 Å². The number of hydrogen-bond acceptors (Lipinski definition) is 3. The van der Waals surface area contributed by atoms with Gasteiger partial charge in [-0.05, 0) is 29.0 Å². The van der Waals surface area contributed by atoms with E-state index < -0.39 is 0 Å². The van der Waals surface area contributed by atoms with Crippen molar-refractivity contribution >= 4 is 64.2 Å². The first-order valence-corrected chi connectivity index (χ1v) is 12.4. The molecule has 4 aromatic carbocycles. The van der Waals surface area contributed by atoms with Crippen LogP contribution in [-0.2, 0) is 5.41 Å². The van der Waals surface area contributed by atoms with E-state index in [-0.39, 0.29) is 5.41 Å². The Balaban J connectivity index is 1.68. The fourth-order valence-electron chi connectivity index (χ4n) is 5.14. The molecule has 0 amide bonds. The number of para-hydroxylation sites is 1. The fourth-order valence-corrected chi connectivity index (χ4v) is 6.48. The van der Waals surface area contributed by atoms with Crippen LogP contribution in [-0.4, -0.2) is 14.5 Å². The molecular weight excluding hydrogens is 434 g/mol. The molecule has 3 aromatic heterocycles. The Morgan fingerprint density at radius 1 is 0.676 bits per heavy atom. The predicted molar refractivity (Wildman–Crippen MR) is 145 cm³/mol. The summed E-state index contributed by atoms with van der Waals surface area (Å²) in [5.74, 6) is 0.738. The van der Waals surface area contributed by atoms with Crippen molar-refractivity contribution in [3.05, 3.63) is 90.6 Å². The monoisotopic (exact) mass is 457 g/mol. The molecule has 3 heterocycles. The number of benzene rings is 4. The van der Waals surface area contributed by atoms with Gasteiger partial charge in [-0.25, -0.2) is 9.97 Å². The van der Waals surface area contributed by atoms with E-state index in [1.165, 1.54) is 36.3 Å². The van der Waals surface area contributed by atoms with Crippen LogP contribution in [0.3, 0.4) is 0 Å². The Bertz CT molecular complexity index is 1900. The average molecular weight is 458 g/mol. The maximum absolute atomic E-state index is 5.25. The minimum absolute atomic E-state index is 0.109. The molecule has 0 fully saturated rings. The number of fused-ring (bicyclic) bond motifs is 8. The van der Waals surface area contributed by atoms with Crippen molar-refractivity contribution in [2.45, 2.75) is 26.2 Å². The van der Waals surface area contributed by atoms with Gasteiger partial charge in [-0.1, -0.05) is 87.5 Å². The molecular formula is C30H23N3S. The lowest BCUT2D eigenvalue weighted by atomic mass is 9.91. The van der Waals surface area contributed by atoms with Gasteiger partial charge >= 0.3 is 0 Å². The molecule has 7 aromatic rings. The quantitative estimate of drug-likeness (QED) is 0.248. The van der Waals surface area contributed by atoms with Crippen LogP contribution in [0.4, 0.5) is 0 Å².